The number of hydrogen-bond acceptors (Lipinski definition) is 2. The van der Waals surface area contributed by atoms with E-state index in [0.717, 1.165) is 13.0 Å². The van der Waals surface area contributed by atoms with Crippen LogP contribution in [-0.4, -0.2) is 41.6 Å². The smallest absolute Gasteiger partial charge is 0.317 e. The summed E-state index contributed by atoms with van der Waals surface area (Å²) in [7, 11) is 0. The van der Waals surface area contributed by atoms with Crippen LogP contribution in [0.5, 0.6) is 0 Å². The molecule has 0 bridgehead atoms. The number of rotatable bonds is 5. The minimum atomic E-state index is -0.780. The Bertz CT molecular complexity index is 379. The fourth-order valence-electron chi connectivity index (χ4n) is 2.87. The number of nitrogens with one attached hydrogen (secondary N) is 1. The lowest BCUT2D eigenvalue weighted by molar-refractivity contribution is -0.148. The fourth-order valence-corrected chi connectivity index (χ4v) is 2.87. The second kappa shape index (κ2) is 5.02. The topological polar surface area (TPSA) is 69.6 Å². The van der Waals surface area contributed by atoms with E-state index in [1.54, 1.807) is 4.90 Å². The predicted molar refractivity (Wildman–Crippen MR) is 71.9 cm³/mol. The Kier molecular flexibility index (Phi) is 3.74. The molecule has 19 heavy (non-hydrogen) atoms. The predicted octanol–water partition coefficient (Wildman–Crippen LogP) is 2.07. The van der Waals surface area contributed by atoms with E-state index in [4.69, 9.17) is 0 Å². The van der Waals surface area contributed by atoms with Crippen molar-refractivity contribution >= 4 is 12.0 Å². The van der Waals surface area contributed by atoms with E-state index in [0.29, 0.717) is 31.3 Å². The van der Waals surface area contributed by atoms with E-state index in [1.165, 1.54) is 12.8 Å². The summed E-state index contributed by atoms with van der Waals surface area (Å²) in [6.45, 7) is 5.65. The zero-order valence-electron chi connectivity index (χ0n) is 11.9. The van der Waals surface area contributed by atoms with Gasteiger partial charge in [-0.05, 0) is 37.5 Å². The number of nitrogens with zero attached hydrogens (tertiary/aromatic N) is 1. The minimum absolute atomic E-state index is 0.101. The van der Waals surface area contributed by atoms with Crippen molar-refractivity contribution < 1.29 is 14.7 Å². The van der Waals surface area contributed by atoms with Crippen LogP contribution in [-0.2, 0) is 4.79 Å². The molecule has 1 atom stereocenters. The lowest BCUT2D eigenvalue weighted by Gasteiger charge is -2.24. The maximum absolute atomic E-state index is 12.1. The van der Waals surface area contributed by atoms with Crippen molar-refractivity contribution in [3.05, 3.63) is 0 Å². The average Bonchev–Trinajstić information content (AvgIpc) is 3.05. The third kappa shape index (κ3) is 2.69. The van der Waals surface area contributed by atoms with Crippen LogP contribution in [0.3, 0.4) is 0 Å². The van der Waals surface area contributed by atoms with Gasteiger partial charge < -0.3 is 15.3 Å². The van der Waals surface area contributed by atoms with Crippen molar-refractivity contribution in [1.29, 1.82) is 0 Å². The second-order valence-electron chi connectivity index (χ2n) is 6.12. The third-order valence-electron chi connectivity index (χ3n) is 5.09. The zero-order chi connectivity index (χ0) is 14.1. The van der Waals surface area contributed by atoms with Gasteiger partial charge in [-0.25, -0.2) is 4.79 Å². The Morgan fingerprint density at radius 3 is 2.32 bits per heavy atom. The molecule has 0 aromatic rings. The quantitative estimate of drug-likeness (QED) is 0.802. The lowest BCUT2D eigenvalue weighted by Crippen LogP contribution is -2.43. The molecule has 1 saturated carbocycles. The van der Waals surface area contributed by atoms with Crippen LogP contribution >= 0.6 is 0 Å². The van der Waals surface area contributed by atoms with Crippen molar-refractivity contribution in [3.8, 4) is 0 Å². The highest BCUT2D eigenvalue weighted by molar-refractivity contribution is 5.79. The Labute approximate surface area is 114 Å². The molecule has 1 saturated heterocycles. The SMILES string of the molecule is CCC1(CNC(=O)N2CCC(CC)(C(=O)O)C2)CC1. The number of urea groups is 1. The highest BCUT2D eigenvalue weighted by Gasteiger charge is 2.45. The van der Waals surface area contributed by atoms with Crippen LogP contribution in [0.4, 0.5) is 4.79 Å². The maximum Gasteiger partial charge on any atom is 0.317 e. The molecule has 2 N–H and O–H groups in total. The van der Waals surface area contributed by atoms with Gasteiger partial charge in [0.15, 0.2) is 0 Å². The molecule has 0 aromatic carbocycles. The number of hydrogen-bond donors (Lipinski definition) is 2. The monoisotopic (exact) mass is 268 g/mol. The molecule has 2 amide bonds. The van der Waals surface area contributed by atoms with E-state index in [-0.39, 0.29) is 6.03 Å². The number of carboxylic acids is 1. The molecule has 0 spiro atoms. The Hall–Kier alpha value is -1.26. The lowest BCUT2D eigenvalue weighted by atomic mass is 9.84. The molecule has 0 radical (unpaired) electrons. The summed E-state index contributed by atoms with van der Waals surface area (Å²) in [5.41, 5.74) is -0.413. The van der Waals surface area contributed by atoms with E-state index >= 15 is 0 Å². The summed E-state index contributed by atoms with van der Waals surface area (Å²) in [4.78, 5) is 25.1. The summed E-state index contributed by atoms with van der Waals surface area (Å²) in [6, 6.07) is -0.101. The largest absolute Gasteiger partial charge is 0.481 e. The van der Waals surface area contributed by atoms with E-state index in [2.05, 4.69) is 12.2 Å². The number of carboxylic acid groups (broad SMARTS) is 1. The minimum Gasteiger partial charge on any atom is -0.481 e. The van der Waals surface area contributed by atoms with Crippen molar-refractivity contribution in [3.63, 3.8) is 0 Å². The number of carbonyl (C=O) groups is 2. The van der Waals surface area contributed by atoms with Gasteiger partial charge in [-0.15, -0.1) is 0 Å². The van der Waals surface area contributed by atoms with Crippen LogP contribution in [0, 0.1) is 10.8 Å². The first-order valence-electron chi connectivity index (χ1n) is 7.23. The number of aliphatic carboxylic acids is 1. The first-order chi connectivity index (χ1) is 8.97. The van der Waals surface area contributed by atoms with E-state index in [9.17, 15) is 14.7 Å². The van der Waals surface area contributed by atoms with Crippen LogP contribution < -0.4 is 5.32 Å². The van der Waals surface area contributed by atoms with Crippen molar-refractivity contribution in [2.75, 3.05) is 19.6 Å². The van der Waals surface area contributed by atoms with Gasteiger partial charge in [0.25, 0.3) is 0 Å². The first kappa shape index (κ1) is 14.2. The van der Waals surface area contributed by atoms with Crippen molar-refractivity contribution in [1.82, 2.24) is 10.2 Å². The summed E-state index contributed by atoms with van der Waals surface area (Å²) in [5.74, 6) is -0.780. The summed E-state index contributed by atoms with van der Waals surface area (Å²) >= 11 is 0. The number of carbonyl (C=O) groups excluding carboxylic acids is 1. The van der Waals surface area contributed by atoms with Gasteiger partial charge in [-0.3, -0.25) is 4.79 Å². The molecule has 1 aliphatic heterocycles. The molecule has 5 heteroatoms. The highest BCUT2D eigenvalue weighted by Crippen LogP contribution is 2.47. The molecule has 1 aliphatic carbocycles. The molecule has 0 aromatic heterocycles. The Morgan fingerprint density at radius 2 is 1.89 bits per heavy atom. The van der Waals surface area contributed by atoms with Gasteiger partial charge in [0.05, 0.1) is 5.41 Å². The molecular weight excluding hydrogens is 244 g/mol. The van der Waals surface area contributed by atoms with Crippen LogP contribution in [0.15, 0.2) is 0 Å². The van der Waals surface area contributed by atoms with Gasteiger partial charge in [-0.2, -0.15) is 0 Å². The van der Waals surface area contributed by atoms with E-state index < -0.39 is 11.4 Å². The molecule has 2 rings (SSSR count). The van der Waals surface area contributed by atoms with Crippen molar-refractivity contribution in [2.24, 2.45) is 10.8 Å². The first-order valence-corrected chi connectivity index (χ1v) is 7.23. The molecule has 2 fully saturated rings. The van der Waals surface area contributed by atoms with Crippen LogP contribution in [0.1, 0.15) is 46.0 Å². The Balaban J connectivity index is 1.86. The number of likely N-dealkylation sites (tertiary alicyclic amines) is 1. The molecular formula is C14H24N2O3. The summed E-state index contributed by atoms with van der Waals surface area (Å²) in [6.07, 6.45) is 4.62. The van der Waals surface area contributed by atoms with Crippen LogP contribution in [0.2, 0.25) is 0 Å². The molecule has 5 nitrogen and oxygen atoms in total. The Morgan fingerprint density at radius 1 is 1.21 bits per heavy atom. The van der Waals surface area contributed by atoms with E-state index in [1.807, 2.05) is 6.92 Å². The molecule has 1 unspecified atom stereocenters. The molecule has 2 aliphatic rings. The normalized spacial score (nSPS) is 28.2. The van der Waals surface area contributed by atoms with Gasteiger partial charge in [0.1, 0.15) is 0 Å². The third-order valence-corrected chi connectivity index (χ3v) is 5.09. The molecule has 108 valence electrons. The highest BCUT2D eigenvalue weighted by atomic mass is 16.4. The van der Waals surface area contributed by atoms with Gasteiger partial charge in [0.2, 0.25) is 0 Å². The fraction of sp³-hybridized carbons (Fsp3) is 0.857. The average molecular weight is 268 g/mol. The van der Waals surface area contributed by atoms with Crippen LogP contribution in [0.25, 0.3) is 0 Å². The number of amides is 2. The van der Waals surface area contributed by atoms with Gasteiger partial charge in [-0.1, -0.05) is 13.8 Å². The second-order valence-corrected chi connectivity index (χ2v) is 6.12. The molecule has 1 heterocycles. The standard InChI is InChI=1S/C14H24N2O3/c1-3-13(5-6-13)9-15-12(19)16-8-7-14(4-2,10-16)11(17)18/h3-10H2,1-2H3,(H,15,19)(H,17,18). The zero-order valence-corrected chi connectivity index (χ0v) is 11.9. The summed E-state index contributed by atoms with van der Waals surface area (Å²) in [5, 5.41) is 12.3. The summed E-state index contributed by atoms with van der Waals surface area (Å²) < 4.78 is 0. The van der Waals surface area contributed by atoms with Gasteiger partial charge >= 0.3 is 12.0 Å². The van der Waals surface area contributed by atoms with Crippen molar-refractivity contribution in [2.45, 2.75) is 46.0 Å². The van der Waals surface area contributed by atoms with Gasteiger partial charge in [0, 0.05) is 19.6 Å². The maximum atomic E-state index is 12.1.